The largest absolute Gasteiger partial charge is 0.475 e. The van der Waals surface area contributed by atoms with E-state index in [9.17, 15) is 24.4 Å². The first-order valence-corrected chi connectivity index (χ1v) is 12.0. The van der Waals surface area contributed by atoms with Crippen LogP contribution in [0.1, 0.15) is 31.2 Å². The Kier molecular flexibility index (Phi) is 10.8. The van der Waals surface area contributed by atoms with Crippen LogP contribution in [0.5, 0.6) is 0 Å². The molecule has 2 aliphatic heterocycles. The smallest absolute Gasteiger partial charge is 0.444 e. The Balaban J connectivity index is 1.59. The van der Waals surface area contributed by atoms with Gasteiger partial charge in [0, 0.05) is 19.5 Å². The molecular weight excluding hydrogens is 457 g/mol. The minimum Gasteiger partial charge on any atom is -0.444 e. The molecule has 0 aliphatic carbocycles. The average Bonchev–Trinajstić information content (AvgIpc) is 3.36. The summed E-state index contributed by atoms with van der Waals surface area (Å²) in [4.78, 5) is 39.8. The summed E-state index contributed by atoms with van der Waals surface area (Å²) in [6.07, 6.45) is 0.608. The van der Waals surface area contributed by atoms with Crippen LogP contribution in [0.2, 0.25) is 0 Å². The topological polar surface area (TPSA) is 147 Å². The van der Waals surface area contributed by atoms with Gasteiger partial charge in [0.2, 0.25) is 11.8 Å². The maximum Gasteiger partial charge on any atom is 0.475 e. The molecule has 0 bridgehead atoms. The summed E-state index contributed by atoms with van der Waals surface area (Å²) in [6.45, 7) is 2.36. The molecule has 1 aromatic carbocycles. The number of hydrogen-bond acceptors (Lipinski definition) is 8. The van der Waals surface area contributed by atoms with Crippen LogP contribution < -0.4 is 10.6 Å². The van der Waals surface area contributed by atoms with Crippen molar-refractivity contribution in [1.82, 2.24) is 15.5 Å². The molecule has 4 N–H and O–H groups in total. The lowest BCUT2D eigenvalue weighted by Crippen LogP contribution is -2.55. The molecule has 0 radical (unpaired) electrons. The number of morpholine rings is 1. The van der Waals surface area contributed by atoms with Gasteiger partial charge < -0.3 is 39.8 Å². The number of ether oxygens (including phenoxy) is 3. The van der Waals surface area contributed by atoms with Crippen molar-refractivity contribution < 1.29 is 38.6 Å². The highest BCUT2D eigenvalue weighted by Gasteiger charge is 2.33. The van der Waals surface area contributed by atoms with Crippen molar-refractivity contribution in [1.29, 1.82) is 0 Å². The molecule has 1 aromatic rings. The third kappa shape index (κ3) is 9.13. The molecule has 192 valence electrons. The molecular formula is C23H34BN3O8. The molecule has 0 aromatic heterocycles. The fourth-order valence-electron chi connectivity index (χ4n) is 4.01. The number of nitrogens with one attached hydrogen (secondary N) is 2. The van der Waals surface area contributed by atoms with Crippen LogP contribution in [0.3, 0.4) is 0 Å². The van der Waals surface area contributed by atoms with E-state index in [-0.39, 0.29) is 18.9 Å². The molecule has 3 rings (SSSR count). The first kappa shape index (κ1) is 26.9. The molecule has 11 nitrogen and oxygen atoms in total. The van der Waals surface area contributed by atoms with E-state index in [2.05, 4.69) is 10.6 Å². The SMILES string of the molecule is O=C(NC(CC(=O)N1CCOCC1)C(=O)N[C@@H](CCCc1ccccc1)B(O)O)OC1CCOC1. The highest BCUT2D eigenvalue weighted by atomic mass is 16.6. The molecule has 2 saturated heterocycles. The monoisotopic (exact) mass is 491 g/mol. The van der Waals surface area contributed by atoms with Gasteiger partial charge in [-0.15, -0.1) is 0 Å². The van der Waals surface area contributed by atoms with Crippen LogP contribution in [-0.2, 0) is 30.2 Å². The van der Waals surface area contributed by atoms with Crippen molar-refractivity contribution in [2.75, 3.05) is 39.5 Å². The van der Waals surface area contributed by atoms with Crippen LogP contribution in [0.15, 0.2) is 30.3 Å². The zero-order valence-electron chi connectivity index (χ0n) is 19.8. The molecule has 2 aliphatic rings. The number of hydrogen-bond donors (Lipinski definition) is 4. The zero-order valence-corrected chi connectivity index (χ0v) is 19.8. The number of carbonyl (C=O) groups excluding carboxylic acids is 3. The average molecular weight is 491 g/mol. The molecule has 3 atom stereocenters. The van der Waals surface area contributed by atoms with Gasteiger partial charge in [0.05, 0.1) is 38.8 Å². The Labute approximate surface area is 205 Å². The molecule has 12 heteroatoms. The third-order valence-electron chi connectivity index (χ3n) is 6.02. The second-order valence-electron chi connectivity index (χ2n) is 8.69. The number of alkyl carbamates (subject to hydrolysis) is 1. The first-order chi connectivity index (χ1) is 16.9. The number of nitrogens with zero attached hydrogens (tertiary/aromatic N) is 1. The maximum absolute atomic E-state index is 13.1. The lowest BCUT2D eigenvalue weighted by Gasteiger charge is -2.29. The molecule has 2 unspecified atom stereocenters. The zero-order chi connectivity index (χ0) is 25.0. The first-order valence-electron chi connectivity index (χ1n) is 12.0. The molecule has 35 heavy (non-hydrogen) atoms. The van der Waals surface area contributed by atoms with Crippen molar-refractivity contribution in [3.8, 4) is 0 Å². The quantitative estimate of drug-likeness (QED) is 0.307. The minimum absolute atomic E-state index is 0.275. The molecule has 0 spiro atoms. The summed E-state index contributed by atoms with van der Waals surface area (Å²) in [7, 11) is -1.80. The summed E-state index contributed by atoms with van der Waals surface area (Å²) in [5.74, 6) is -1.97. The van der Waals surface area contributed by atoms with Gasteiger partial charge in [0.1, 0.15) is 12.1 Å². The van der Waals surface area contributed by atoms with Crippen LogP contribution in [0.25, 0.3) is 0 Å². The number of aryl methyl sites for hydroxylation is 1. The van der Waals surface area contributed by atoms with Gasteiger partial charge in [-0.3, -0.25) is 9.59 Å². The van der Waals surface area contributed by atoms with Crippen molar-refractivity contribution in [2.45, 2.75) is 50.2 Å². The fraction of sp³-hybridized carbons (Fsp3) is 0.609. The Bertz CT molecular complexity index is 816. The number of rotatable bonds is 11. The summed E-state index contributed by atoms with van der Waals surface area (Å²) in [6, 6.07) is 8.47. The minimum atomic E-state index is -1.80. The van der Waals surface area contributed by atoms with Gasteiger partial charge >= 0.3 is 13.2 Å². The standard InChI is InChI=1S/C23H34BN3O8/c28-21(27-10-13-33-14-11-27)15-19(25-23(30)35-18-9-12-34-16-18)22(29)26-20(24(31)32)8-4-7-17-5-2-1-3-6-17/h1-3,5-6,18-20,31-32H,4,7-16H2,(H,25,30)(H,26,29)/t18?,19?,20-/m0/s1. The van der Waals surface area contributed by atoms with E-state index in [1.54, 1.807) is 4.90 Å². The number of amides is 3. The van der Waals surface area contributed by atoms with Crippen LogP contribution in [0, 0.1) is 0 Å². The van der Waals surface area contributed by atoms with Crippen molar-refractivity contribution >= 4 is 25.0 Å². The van der Waals surface area contributed by atoms with Crippen molar-refractivity contribution in [2.24, 2.45) is 0 Å². The van der Waals surface area contributed by atoms with E-state index >= 15 is 0 Å². The Morgan fingerprint density at radius 2 is 1.83 bits per heavy atom. The Hall–Kier alpha value is -2.67. The van der Waals surface area contributed by atoms with Crippen LogP contribution >= 0.6 is 0 Å². The van der Waals surface area contributed by atoms with Crippen LogP contribution in [-0.4, -0.2) is 97.6 Å². The lowest BCUT2D eigenvalue weighted by molar-refractivity contribution is -0.138. The normalized spacial score (nSPS) is 19.5. The summed E-state index contributed by atoms with van der Waals surface area (Å²) in [5.41, 5.74) is 1.10. The van der Waals surface area contributed by atoms with E-state index in [4.69, 9.17) is 14.2 Å². The summed E-state index contributed by atoms with van der Waals surface area (Å²) >= 11 is 0. The van der Waals surface area contributed by atoms with Gasteiger partial charge in [-0.1, -0.05) is 30.3 Å². The summed E-state index contributed by atoms with van der Waals surface area (Å²) in [5, 5.41) is 24.7. The maximum atomic E-state index is 13.1. The Morgan fingerprint density at radius 1 is 1.09 bits per heavy atom. The van der Waals surface area contributed by atoms with Crippen molar-refractivity contribution in [3.63, 3.8) is 0 Å². The lowest BCUT2D eigenvalue weighted by atomic mass is 9.76. The van der Waals surface area contributed by atoms with E-state index in [0.717, 1.165) is 5.56 Å². The highest BCUT2D eigenvalue weighted by molar-refractivity contribution is 6.43. The van der Waals surface area contributed by atoms with Gasteiger partial charge in [0.25, 0.3) is 0 Å². The molecule has 2 fully saturated rings. The molecule has 3 amide bonds. The van der Waals surface area contributed by atoms with Crippen LogP contribution in [0.4, 0.5) is 4.79 Å². The summed E-state index contributed by atoms with van der Waals surface area (Å²) < 4.78 is 15.7. The predicted octanol–water partition coefficient (Wildman–Crippen LogP) is -0.361. The highest BCUT2D eigenvalue weighted by Crippen LogP contribution is 2.11. The predicted molar refractivity (Wildman–Crippen MR) is 126 cm³/mol. The Morgan fingerprint density at radius 3 is 2.49 bits per heavy atom. The number of carbonyl (C=O) groups is 3. The molecule has 2 heterocycles. The third-order valence-corrected chi connectivity index (χ3v) is 6.02. The number of benzene rings is 1. The van der Waals surface area contributed by atoms with Gasteiger partial charge in [-0.05, 0) is 24.8 Å². The van der Waals surface area contributed by atoms with Gasteiger partial charge in [0.15, 0.2) is 0 Å². The van der Waals surface area contributed by atoms with E-state index in [1.165, 1.54) is 0 Å². The second kappa shape index (κ2) is 14.0. The van der Waals surface area contributed by atoms with E-state index < -0.39 is 37.2 Å². The van der Waals surface area contributed by atoms with E-state index in [0.29, 0.717) is 58.6 Å². The fourth-order valence-corrected chi connectivity index (χ4v) is 4.01. The molecule has 0 saturated carbocycles. The second-order valence-corrected chi connectivity index (χ2v) is 8.69. The van der Waals surface area contributed by atoms with Gasteiger partial charge in [-0.25, -0.2) is 4.79 Å². The van der Waals surface area contributed by atoms with Gasteiger partial charge in [-0.2, -0.15) is 0 Å². The van der Waals surface area contributed by atoms with Crippen molar-refractivity contribution in [3.05, 3.63) is 35.9 Å². The van der Waals surface area contributed by atoms with E-state index in [1.807, 2.05) is 30.3 Å².